The summed E-state index contributed by atoms with van der Waals surface area (Å²) in [6, 6.07) is 52.3. The highest BCUT2D eigenvalue weighted by atomic mass is 16.3. The lowest BCUT2D eigenvalue weighted by Gasteiger charge is -2.27. The first kappa shape index (κ1) is 25.1. The van der Waals surface area contributed by atoms with Crippen LogP contribution in [-0.2, 0) is 0 Å². The fraction of sp³-hybridized carbons (Fsp3) is 0. The summed E-state index contributed by atoms with van der Waals surface area (Å²) in [5, 5.41) is 6.36. The third-order valence-corrected chi connectivity index (χ3v) is 9.07. The Morgan fingerprint density at radius 1 is 0.326 bits per heavy atom. The van der Waals surface area contributed by atoms with Gasteiger partial charge in [-0.05, 0) is 59.7 Å². The summed E-state index contributed by atoms with van der Waals surface area (Å²) in [4.78, 5) is 2.33. The highest BCUT2D eigenvalue weighted by Gasteiger charge is 2.27. The predicted octanol–water partition coefficient (Wildman–Crippen LogP) is 12.5. The fourth-order valence-electron chi connectivity index (χ4n) is 7.12. The van der Waals surface area contributed by atoms with E-state index in [1.807, 2.05) is 48.5 Å². The molecular weight excluding hydrogens is 566 g/mol. The number of rotatable bonds is 4. The molecule has 3 heterocycles. The van der Waals surface area contributed by atoms with E-state index in [4.69, 9.17) is 13.3 Å². The summed E-state index contributed by atoms with van der Waals surface area (Å²) in [5.41, 5.74) is 10.2. The average molecular weight is 592 g/mol. The molecule has 216 valence electrons. The molecule has 4 heteroatoms. The Bertz CT molecular complexity index is 2650. The van der Waals surface area contributed by atoms with Crippen LogP contribution < -0.4 is 4.90 Å². The lowest BCUT2D eigenvalue weighted by atomic mass is 9.97. The molecule has 7 aromatic carbocycles. The normalized spacial score (nSPS) is 11.9. The standard InChI is InChI=1S/C42H25NO3/c1-2-12-26(13-3-1)27-24-25-33(42-39(27)28-14-4-9-21-36(28)46-42)43(31-17-10-22-37-40(31)29-15-5-7-19-34(29)44-37)32-18-11-23-38-41(32)30-16-6-8-20-35(30)45-38/h1-25H. The molecule has 10 aromatic rings. The number of para-hydroxylation sites is 3. The minimum atomic E-state index is 0.817. The molecule has 0 saturated carbocycles. The number of fused-ring (bicyclic) bond motifs is 9. The third-order valence-electron chi connectivity index (χ3n) is 9.07. The summed E-state index contributed by atoms with van der Waals surface area (Å²) < 4.78 is 19.6. The Labute approximate surface area is 263 Å². The molecule has 0 aliphatic carbocycles. The smallest absolute Gasteiger partial charge is 0.160 e. The molecule has 0 bridgehead atoms. The first-order chi connectivity index (χ1) is 22.8. The van der Waals surface area contributed by atoms with Gasteiger partial charge in [0.1, 0.15) is 27.9 Å². The van der Waals surface area contributed by atoms with Crippen LogP contribution in [0.15, 0.2) is 165 Å². The first-order valence-corrected chi connectivity index (χ1v) is 15.4. The van der Waals surface area contributed by atoms with Crippen molar-refractivity contribution in [1.29, 1.82) is 0 Å². The minimum Gasteiger partial charge on any atom is -0.456 e. The monoisotopic (exact) mass is 591 g/mol. The molecule has 4 nitrogen and oxygen atoms in total. The van der Waals surface area contributed by atoms with Crippen LogP contribution in [0.2, 0.25) is 0 Å². The molecule has 0 fully saturated rings. The summed E-state index contributed by atoms with van der Waals surface area (Å²) in [6.45, 7) is 0. The largest absolute Gasteiger partial charge is 0.456 e. The average Bonchev–Trinajstić information content (AvgIpc) is 3.81. The van der Waals surface area contributed by atoms with Crippen LogP contribution in [0.3, 0.4) is 0 Å². The van der Waals surface area contributed by atoms with Crippen LogP contribution in [0.25, 0.3) is 76.9 Å². The van der Waals surface area contributed by atoms with Crippen LogP contribution in [0.1, 0.15) is 0 Å². The van der Waals surface area contributed by atoms with Crippen molar-refractivity contribution in [3.05, 3.63) is 152 Å². The van der Waals surface area contributed by atoms with E-state index in [-0.39, 0.29) is 0 Å². The van der Waals surface area contributed by atoms with E-state index in [1.54, 1.807) is 0 Å². The molecule has 0 aliphatic heterocycles. The molecule has 0 amide bonds. The summed E-state index contributed by atoms with van der Waals surface area (Å²) in [5.74, 6) is 0. The van der Waals surface area contributed by atoms with Gasteiger partial charge in [-0.15, -0.1) is 0 Å². The van der Waals surface area contributed by atoms with E-state index in [1.165, 1.54) is 0 Å². The Balaban J connectivity index is 1.38. The molecule has 46 heavy (non-hydrogen) atoms. The second-order valence-corrected chi connectivity index (χ2v) is 11.6. The molecule has 0 aliphatic rings. The molecule has 0 unspecified atom stereocenters. The maximum Gasteiger partial charge on any atom is 0.160 e. The van der Waals surface area contributed by atoms with Crippen molar-refractivity contribution in [3.8, 4) is 11.1 Å². The number of anilines is 3. The van der Waals surface area contributed by atoms with Crippen molar-refractivity contribution < 1.29 is 13.3 Å². The van der Waals surface area contributed by atoms with E-state index in [0.717, 1.165) is 94.0 Å². The number of furan rings is 3. The summed E-state index contributed by atoms with van der Waals surface area (Å²) in [7, 11) is 0. The SMILES string of the molecule is c1ccc(-c2ccc(N(c3cccc4oc5ccccc5c34)c3cccc4oc5ccccc5c34)c3oc4ccccc4c23)cc1. The number of benzene rings is 7. The van der Waals surface area contributed by atoms with Crippen molar-refractivity contribution in [2.24, 2.45) is 0 Å². The van der Waals surface area contributed by atoms with Gasteiger partial charge in [-0.25, -0.2) is 0 Å². The van der Waals surface area contributed by atoms with Gasteiger partial charge < -0.3 is 18.2 Å². The Hall–Kier alpha value is -6.26. The zero-order valence-electron chi connectivity index (χ0n) is 24.6. The minimum absolute atomic E-state index is 0.817. The third kappa shape index (κ3) is 3.55. The second kappa shape index (κ2) is 9.62. The molecular formula is C42H25NO3. The lowest BCUT2D eigenvalue weighted by Crippen LogP contribution is -2.11. The Morgan fingerprint density at radius 2 is 0.804 bits per heavy atom. The first-order valence-electron chi connectivity index (χ1n) is 15.4. The molecule has 0 saturated heterocycles. The van der Waals surface area contributed by atoms with Crippen LogP contribution >= 0.6 is 0 Å². The van der Waals surface area contributed by atoms with Crippen molar-refractivity contribution in [1.82, 2.24) is 0 Å². The van der Waals surface area contributed by atoms with Gasteiger partial charge >= 0.3 is 0 Å². The molecule has 10 rings (SSSR count). The topological polar surface area (TPSA) is 42.7 Å². The van der Waals surface area contributed by atoms with E-state index >= 15 is 0 Å². The van der Waals surface area contributed by atoms with Gasteiger partial charge in [-0.2, -0.15) is 0 Å². The van der Waals surface area contributed by atoms with Crippen molar-refractivity contribution in [2.45, 2.75) is 0 Å². The van der Waals surface area contributed by atoms with Crippen molar-refractivity contribution in [2.75, 3.05) is 4.90 Å². The zero-order valence-corrected chi connectivity index (χ0v) is 24.6. The van der Waals surface area contributed by atoms with Gasteiger partial charge in [-0.1, -0.05) is 103 Å². The Morgan fingerprint density at radius 3 is 1.39 bits per heavy atom. The number of nitrogens with zero attached hydrogens (tertiary/aromatic N) is 1. The number of hydrogen-bond donors (Lipinski definition) is 0. The zero-order chi connectivity index (χ0) is 30.2. The summed E-state index contributed by atoms with van der Waals surface area (Å²) >= 11 is 0. The summed E-state index contributed by atoms with van der Waals surface area (Å²) in [6.07, 6.45) is 0. The van der Waals surface area contributed by atoms with Gasteiger partial charge in [0.05, 0.1) is 27.8 Å². The van der Waals surface area contributed by atoms with Crippen LogP contribution in [-0.4, -0.2) is 0 Å². The molecule has 3 aromatic heterocycles. The maximum absolute atomic E-state index is 6.84. The van der Waals surface area contributed by atoms with E-state index in [0.29, 0.717) is 0 Å². The van der Waals surface area contributed by atoms with Gasteiger partial charge in [-0.3, -0.25) is 0 Å². The molecule has 0 atom stereocenters. The van der Waals surface area contributed by atoms with Crippen LogP contribution in [0.4, 0.5) is 17.1 Å². The molecule has 0 spiro atoms. The highest BCUT2D eigenvalue weighted by molar-refractivity contribution is 6.21. The maximum atomic E-state index is 6.84. The predicted molar refractivity (Wildman–Crippen MR) is 188 cm³/mol. The quantitative estimate of drug-likeness (QED) is 0.204. The van der Waals surface area contributed by atoms with Crippen LogP contribution in [0.5, 0.6) is 0 Å². The van der Waals surface area contributed by atoms with Crippen molar-refractivity contribution in [3.63, 3.8) is 0 Å². The van der Waals surface area contributed by atoms with E-state index in [2.05, 4.69) is 108 Å². The lowest BCUT2D eigenvalue weighted by molar-refractivity contribution is 0.667. The second-order valence-electron chi connectivity index (χ2n) is 11.6. The van der Waals surface area contributed by atoms with E-state index in [9.17, 15) is 0 Å². The van der Waals surface area contributed by atoms with Crippen LogP contribution in [0, 0.1) is 0 Å². The van der Waals surface area contributed by atoms with Crippen molar-refractivity contribution >= 4 is 82.9 Å². The van der Waals surface area contributed by atoms with E-state index < -0.39 is 0 Å². The highest BCUT2D eigenvalue weighted by Crippen LogP contribution is 2.50. The fourth-order valence-corrected chi connectivity index (χ4v) is 7.12. The van der Waals surface area contributed by atoms with Gasteiger partial charge in [0.15, 0.2) is 5.58 Å². The molecule has 0 radical (unpaired) electrons. The van der Waals surface area contributed by atoms with Gasteiger partial charge in [0.2, 0.25) is 0 Å². The number of hydrogen-bond acceptors (Lipinski definition) is 4. The Kier molecular flexibility index (Phi) is 5.25. The van der Waals surface area contributed by atoms with Gasteiger partial charge in [0.25, 0.3) is 0 Å². The van der Waals surface area contributed by atoms with Gasteiger partial charge in [0, 0.05) is 21.5 Å². The molecule has 0 N–H and O–H groups in total.